The molecule has 0 aliphatic heterocycles. The molecule has 0 heterocycles. The van der Waals surface area contributed by atoms with E-state index in [-0.39, 0.29) is 45.6 Å². The maximum absolute atomic E-state index is 11.7. The highest BCUT2D eigenvalue weighted by atomic mass is 16.5. The van der Waals surface area contributed by atoms with Gasteiger partial charge in [-0.2, -0.15) is 0 Å². The van der Waals surface area contributed by atoms with E-state index in [0.29, 0.717) is 12.5 Å². The smallest absolute Gasteiger partial charge is 0.302 e. The Morgan fingerprint density at radius 3 is 2.38 bits per heavy atom. The van der Waals surface area contributed by atoms with Crippen molar-refractivity contribution in [2.45, 2.75) is 98.2 Å². The quantitative estimate of drug-likeness (QED) is 0.709. The van der Waals surface area contributed by atoms with Gasteiger partial charge in [-0.25, -0.2) is 0 Å². The molecule has 5 heteroatoms. The Morgan fingerprint density at radius 2 is 1.72 bits per heavy atom. The largest absolute Gasteiger partial charge is 0.465 e. The van der Waals surface area contributed by atoms with Gasteiger partial charge in [0.2, 0.25) is 0 Å². The second-order valence-electron chi connectivity index (χ2n) is 11.5. The number of esters is 2. The third-order valence-corrected chi connectivity index (χ3v) is 9.76. The molecule has 0 aromatic carbocycles. The van der Waals surface area contributed by atoms with Crippen molar-refractivity contribution in [1.82, 2.24) is 0 Å². The molecule has 0 amide bonds. The Morgan fingerprint density at radius 1 is 1.00 bits per heavy atom. The van der Waals surface area contributed by atoms with Crippen molar-refractivity contribution in [1.29, 1.82) is 0 Å². The fraction of sp³-hybridized carbons (Fsp3) is 0.917. The van der Waals surface area contributed by atoms with Crippen LogP contribution in [0, 0.1) is 33.5 Å². The monoisotopic (exact) mass is 406 g/mol. The Labute approximate surface area is 174 Å². The molecular weight excluding hydrogens is 368 g/mol. The van der Waals surface area contributed by atoms with Crippen LogP contribution in [0.15, 0.2) is 0 Å². The molecule has 0 aromatic heterocycles. The molecule has 0 radical (unpaired) electrons. The minimum atomic E-state index is -0.403. The lowest BCUT2D eigenvalue weighted by Crippen LogP contribution is -2.65. The predicted octanol–water partition coefficient (Wildman–Crippen LogP) is 4.26. The molecule has 2 bridgehead atoms. The summed E-state index contributed by atoms with van der Waals surface area (Å²) in [6, 6.07) is 0. The van der Waals surface area contributed by atoms with Crippen LogP contribution in [0.4, 0.5) is 0 Å². The molecule has 5 nitrogen and oxygen atoms in total. The SMILES string of the molecule is CC(=O)OC[C@]1(C)CCC[C@@]2(C)[C@H]1[C@H](O)C[C@H]1C[C@H](OC(C)=O)[C@@]3(C)CC[C@]12C3. The van der Waals surface area contributed by atoms with Gasteiger partial charge in [0.25, 0.3) is 0 Å². The molecule has 29 heavy (non-hydrogen) atoms. The normalized spacial score (nSPS) is 51.0. The summed E-state index contributed by atoms with van der Waals surface area (Å²) in [7, 11) is 0. The van der Waals surface area contributed by atoms with Crippen LogP contribution in [0.5, 0.6) is 0 Å². The molecule has 1 N–H and O–H groups in total. The van der Waals surface area contributed by atoms with E-state index in [4.69, 9.17) is 9.47 Å². The lowest BCUT2D eigenvalue weighted by atomic mass is 9.37. The highest BCUT2D eigenvalue weighted by Crippen LogP contribution is 2.76. The lowest BCUT2D eigenvalue weighted by Gasteiger charge is -2.68. The fourth-order valence-corrected chi connectivity index (χ4v) is 8.71. The van der Waals surface area contributed by atoms with Crippen LogP contribution >= 0.6 is 0 Å². The van der Waals surface area contributed by atoms with Crippen LogP contribution in [0.25, 0.3) is 0 Å². The summed E-state index contributed by atoms with van der Waals surface area (Å²) in [6.07, 6.45) is 7.72. The number of aliphatic hydroxyl groups excluding tert-OH is 1. The second kappa shape index (κ2) is 6.70. The zero-order chi connectivity index (χ0) is 21.2. The van der Waals surface area contributed by atoms with Crippen LogP contribution < -0.4 is 0 Å². The molecule has 0 saturated heterocycles. The lowest BCUT2D eigenvalue weighted by molar-refractivity contribution is -0.239. The molecule has 4 rings (SSSR count). The van der Waals surface area contributed by atoms with Crippen LogP contribution in [-0.2, 0) is 19.1 Å². The maximum atomic E-state index is 11.7. The van der Waals surface area contributed by atoms with Crippen molar-refractivity contribution in [2.24, 2.45) is 33.5 Å². The number of rotatable bonds is 3. The Hall–Kier alpha value is -1.10. The summed E-state index contributed by atoms with van der Waals surface area (Å²) < 4.78 is 11.3. The molecule has 1 spiro atoms. The van der Waals surface area contributed by atoms with Gasteiger partial charge >= 0.3 is 11.9 Å². The van der Waals surface area contributed by atoms with E-state index in [9.17, 15) is 14.7 Å². The molecule has 4 aliphatic carbocycles. The Kier molecular flexibility index (Phi) is 4.88. The molecule has 164 valence electrons. The molecule has 0 aromatic rings. The minimum Gasteiger partial charge on any atom is -0.465 e. The molecule has 0 unspecified atom stereocenters. The van der Waals surface area contributed by atoms with E-state index in [2.05, 4.69) is 20.8 Å². The summed E-state index contributed by atoms with van der Waals surface area (Å²) in [5.41, 5.74) is 0.0346. The van der Waals surface area contributed by atoms with Gasteiger partial charge in [-0.15, -0.1) is 0 Å². The number of aliphatic hydroxyl groups is 1. The first-order valence-corrected chi connectivity index (χ1v) is 11.4. The zero-order valence-electron chi connectivity index (χ0n) is 18.8. The van der Waals surface area contributed by atoms with E-state index in [0.717, 1.165) is 51.4 Å². The Bertz CT molecular complexity index is 705. The average Bonchev–Trinajstić information content (AvgIpc) is 2.93. The van der Waals surface area contributed by atoms with E-state index in [1.54, 1.807) is 0 Å². The second-order valence-corrected chi connectivity index (χ2v) is 11.5. The van der Waals surface area contributed by atoms with Crippen LogP contribution in [0.1, 0.15) is 86.0 Å². The topological polar surface area (TPSA) is 72.8 Å². The third kappa shape index (κ3) is 2.97. The summed E-state index contributed by atoms with van der Waals surface area (Å²) >= 11 is 0. The minimum absolute atomic E-state index is 0.0153. The number of carbonyl (C=O) groups excluding carboxylic acids is 2. The third-order valence-electron chi connectivity index (χ3n) is 9.76. The molecule has 8 atom stereocenters. The van der Waals surface area contributed by atoms with Crippen molar-refractivity contribution >= 4 is 11.9 Å². The summed E-state index contributed by atoms with van der Waals surface area (Å²) in [6.45, 7) is 10.3. The fourth-order valence-electron chi connectivity index (χ4n) is 8.71. The van der Waals surface area contributed by atoms with E-state index in [1.165, 1.54) is 13.8 Å². The first kappa shape index (κ1) is 21.1. The van der Waals surface area contributed by atoms with Gasteiger partial charge in [0.05, 0.1) is 12.7 Å². The van der Waals surface area contributed by atoms with Gasteiger partial charge in [-0.1, -0.05) is 27.2 Å². The van der Waals surface area contributed by atoms with Crippen molar-refractivity contribution in [3.63, 3.8) is 0 Å². The highest BCUT2D eigenvalue weighted by molar-refractivity contribution is 5.66. The Balaban J connectivity index is 1.71. The van der Waals surface area contributed by atoms with Crippen LogP contribution in [0.3, 0.4) is 0 Å². The van der Waals surface area contributed by atoms with Gasteiger partial charge in [-0.05, 0) is 67.6 Å². The first-order chi connectivity index (χ1) is 13.5. The number of hydrogen-bond donors (Lipinski definition) is 1. The number of carbonyl (C=O) groups is 2. The average molecular weight is 407 g/mol. The van der Waals surface area contributed by atoms with Crippen molar-refractivity contribution < 1.29 is 24.2 Å². The molecular formula is C24H38O5. The van der Waals surface area contributed by atoms with Crippen LogP contribution in [0.2, 0.25) is 0 Å². The van der Waals surface area contributed by atoms with E-state index in [1.807, 2.05) is 0 Å². The van der Waals surface area contributed by atoms with Crippen molar-refractivity contribution in [2.75, 3.05) is 6.61 Å². The summed E-state index contributed by atoms with van der Waals surface area (Å²) in [4.78, 5) is 23.3. The zero-order valence-corrected chi connectivity index (χ0v) is 18.8. The van der Waals surface area contributed by atoms with Crippen molar-refractivity contribution in [3.05, 3.63) is 0 Å². The molecule has 4 aliphatic rings. The standard InChI is InChI=1S/C24H38O5/c1-15(25)28-14-22(4)7-6-8-23(5)20(22)18(27)11-17-12-19(29-16(2)26)21(3)9-10-24(17,23)13-21/h17-20,27H,6-14H2,1-5H3/t17-,18+,19-,20-,21-,22-,23-,24-/m0/s1. The predicted molar refractivity (Wildman–Crippen MR) is 109 cm³/mol. The van der Waals surface area contributed by atoms with E-state index >= 15 is 0 Å². The van der Waals surface area contributed by atoms with Crippen LogP contribution in [-0.4, -0.2) is 35.9 Å². The van der Waals surface area contributed by atoms with Gasteiger partial charge in [0.1, 0.15) is 6.10 Å². The van der Waals surface area contributed by atoms with Gasteiger partial charge in [0, 0.05) is 24.7 Å². The molecule has 4 saturated carbocycles. The highest BCUT2D eigenvalue weighted by Gasteiger charge is 2.72. The van der Waals surface area contributed by atoms with E-state index < -0.39 is 6.10 Å². The maximum Gasteiger partial charge on any atom is 0.302 e. The first-order valence-electron chi connectivity index (χ1n) is 11.4. The number of fused-ring (bicyclic) bond motifs is 2. The summed E-state index contributed by atoms with van der Waals surface area (Å²) in [5, 5.41) is 11.4. The van der Waals surface area contributed by atoms with Gasteiger partial charge in [-0.3, -0.25) is 9.59 Å². The number of ether oxygens (including phenoxy) is 2. The molecule has 4 fully saturated rings. The van der Waals surface area contributed by atoms with Crippen molar-refractivity contribution in [3.8, 4) is 0 Å². The van der Waals surface area contributed by atoms with Gasteiger partial charge < -0.3 is 14.6 Å². The van der Waals surface area contributed by atoms with Gasteiger partial charge in [0.15, 0.2) is 0 Å². The summed E-state index contributed by atoms with van der Waals surface area (Å²) in [5.74, 6) is 0.0830. The number of hydrogen-bond acceptors (Lipinski definition) is 5.